The predicted molar refractivity (Wildman–Crippen MR) is 87.8 cm³/mol. The van der Waals surface area contributed by atoms with Gasteiger partial charge in [-0.25, -0.2) is 0 Å². The van der Waals surface area contributed by atoms with Crippen LogP contribution in [0.4, 0.5) is 13.2 Å². The van der Waals surface area contributed by atoms with Gasteiger partial charge in [-0.3, -0.25) is 14.7 Å². The number of hydrogen-bond acceptors (Lipinski definition) is 3. The smallest absolute Gasteiger partial charge is 0.394 e. The molecule has 1 aromatic carbocycles. The zero-order valence-electron chi connectivity index (χ0n) is 13.2. The zero-order valence-corrected chi connectivity index (χ0v) is 14.0. The van der Waals surface area contributed by atoms with Gasteiger partial charge in [0, 0.05) is 18.7 Å². The summed E-state index contributed by atoms with van der Waals surface area (Å²) in [6.07, 6.45) is -4.68. The number of amides is 1. The topological polar surface area (TPSA) is 86.3 Å². The Morgan fingerprint density at radius 3 is 2.38 bits per heavy atom. The number of aliphatic carboxylic acids is 1. The van der Waals surface area contributed by atoms with Gasteiger partial charge in [0.15, 0.2) is 0 Å². The van der Waals surface area contributed by atoms with Gasteiger partial charge in [-0.15, -0.1) is 12.4 Å². The molecule has 0 unspecified atom stereocenters. The first kappa shape index (κ1) is 19.8. The molecule has 1 aliphatic rings. The molecule has 0 spiro atoms. The zero-order chi connectivity index (χ0) is 18.2. The Hall–Kier alpha value is -2.55. The molecule has 0 radical (unpaired) electrons. The summed E-state index contributed by atoms with van der Waals surface area (Å²) in [6, 6.07) is 10.4. The third-order valence-electron chi connectivity index (χ3n) is 4.22. The third kappa shape index (κ3) is 3.82. The van der Waals surface area contributed by atoms with E-state index in [0.29, 0.717) is 5.69 Å². The van der Waals surface area contributed by atoms with Crippen LogP contribution in [0.25, 0.3) is 11.3 Å². The van der Waals surface area contributed by atoms with Crippen LogP contribution in [0.15, 0.2) is 36.4 Å². The molecule has 0 bridgehead atoms. The minimum Gasteiger partial charge on any atom is -0.481 e. The van der Waals surface area contributed by atoms with E-state index in [-0.39, 0.29) is 18.1 Å². The summed E-state index contributed by atoms with van der Waals surface area (Å²) < 4.78 is 39.0. The van der Waals surface area contributed by atoms with Gasteiger partial charge in [-0.1, -0.05) is 30.3 Å². The molecule has 2 heterocycles. The number of carboxylic acids is 1. The predicted octanol–water partition coefficient (Wildman–Crippen LogP) is 2.83. The summed E-state index contributed by atoms with van der Waals surface area (Å²) in [6.45, 7) is -1.17. The van der Waals surface area contributed by atoms with Gasteiger partial charge in [0.25, 0.3) is 5.91 Å². The molecule has 140 valence electrons. The fourth-order valence-corrected chi connectivity index (χ4v) is 2.91. The summed E-state index contributed by atoms with van der Waals surface area (Å²) in [4.78, 5) is 24.4. The monoisotopic (exact) mass is 389 g/mol. The Bertz CT molecular complexity index is 795. The Morgan fingerprint density at radius 2 is 1.85 bits per heavy atom. The van der Waals surface area contributed by atoms with E-state index in [1.165, 1.54) is 6.07 Å². The molecule has 10 heteroatoms. The van der Waals surface area contributed by atoms with Crippen molar-refractivity contribution >= 4 is 24.3 Å². The van der Waals surface area contributed by atoms with Crippen LogP contribution in [0.5, 0.6) is 0 Å². The molecule has 2 atom stereocenters. The highest BCUT2D eigenvalue weighted by atomic mass is 35.5. The molecule has 0 saturated carbocycles. The van der Waals surface area contributed by atoms with Crippen LogP contribution >= 0.6 is 12.4 Å². The molecule has 1 fully saturated rings. The Kier molecular flexibility index (Phi) is 5.60. The quantitative estimate of drug-likeness (QED) is 0.845. The van der Waals surface area contributed by atoms with Crippen LogP contribution in [-0.2, 0) is 4.79 Å². The number of benzene rings is 1. The average Bonchev–Trinajstić information content (AvgIpc) is 3.22. The minimum atomic E-state index is -4.68. The molecule has 2 N–H and O–H groups in total. The number of alkyl halides is 3. The highest BCUT2D eigenvalue weighted by Crippen LogP contribution is 2.38. The van der Waals surface area contributed by atoms with Crippen LogP contribution in [0.3, 0.4) is 0 Å². The van der Waals surface area contributed by atoms with E-state index >= 15 is 0 Å². The second kappa shape index (κ2) is 7.36. The van der Waals surface area contributed by atoms with Gasteiger partial charge in [0.1, 0.15) is 5.69 Å². The number of nitrogens with zero attached hydrogens (tertiary/aromatic N) is 2. The van der Waals surface area contributed by atoms with Crippen molar-refractivity contribution in [2.24, 2.45) is 11.8 Å². The number of H-pyrrole nitrogens is 1. The maximum atomic E-state index is 13.0. The van der Waals surface area contributed by atoms with E-state index in [1.54, 1.807) is 24.3 Å². The van der Waals surface area contributed by atoms with Crippen LogP contribution in [-0.4, -0.2) is 51.3 Å². The van der Waals surface area contributed by atoms with E-state index < -0.39 is 43.0 Å². The van der Waals surface area contributed by atoms with Crippen molar-refractivity contribution in [1.82, 2.24) is 15.1 Å². The molecule has 26 heavy (non-hydrogen) atoms. The number of carboxylic acid groups (broad SMARTS) is 1. The van der Waals surface area contributed by atoms with E-state index in [2.05, 4.69) is 10.2 Å². The number of carbonyl (C=O) groups excluding carboxylic acids is 1. The number of carbonyl (C=O) groups is 2. The lowest BCUT2D eigenvalue weighted by Gasteiger charge is -2.18. The highest BCUT2D eigenvalue weighted by Gasteiger charge is 2.53. The SMILES string of the molecule is Cl.O=C(O)[C@@H]1CN(C(=O)c2cc(-c3ccccc3)n[nH]2)C[C@H]1C(F)(F)F. The largest absolute Gasteiger partial charge is 0.481 e. The molecule has 1 saturated heterocycles. The molecule has 1 aliphatic heterocycles. The number of hydrogen-bond donors (Lipinski definition) is 2. The van der Waals surface area contributed by atoms with E-state index in [0.717, 1.165) is 10.5 Å². The Morgan fingerprint density at radius 1 is 1.19 bits per heavy atom. The number of rotatable bonds is 3. The van der Waals surface area contributed by atoms with Crippen LogP contribution in [0, 0.1) is 11.8 Å². The first-order valence-electron chi connectivity index (χ1n) is 7.47. The van der Waals surface area contributed by atoms with Crippen molar-refractivity contribution in [3.05, 3.63) is 42.1 Å². The fraction of sp³-hybridized carbons (Fsp3) is 0.312. The van der Waals surface area contributed by atoms with E-state index in [1.807, 2.05) is 6.07 Å². The molecule has 0 aliphatic carbocycles. The average molecular weight is 390 g/mol. The van der Waals surface area contributed by atoms with Crippen molar-refractivity contribution in [3.63, 3.8) is 0 Å². The second-order valence-corrected chi connectivity index (χ2v) is 5.84. The van der Waals surface area contributed by atoms with Gasteiger partial charge >= 0.3 is 12.1 Å². The van der Waals surface area contributed by atoms with Crippen molar-refractivity contribution < 1.29 is 27.9 Å². The molecular formula is C16H15ClF3N3O3. The summed E-state index contributed by atoms with van der Waals surface area (Å²) >= 11 is 0. The lowest BCUT2D eigenvalue weighted by atomic mass is 9.96. The summed E-state index contributed by atoms with van der Waals surface area (Å²) in [5.74, 6) is -6.01. The molecule has 1 amide bonds. The van der Waals surface area contributed by atoms with Gasteiger partial charge in [-0.05, 0) is 6.07 Å². The molecule has 3 rings (SSSR count). The van der Waals surface area contributed by atoms with Crippen LogP contribution in [0.1, 0.15) is 10.5 Å². The highest BCUT2D eigenvalue weighted by molar-refractivity contribution is 5.94. The molecular weight excluding hydrogens is 375 g/mol. The number of aromatic amines is 1. The van der Waals surface area contributed by atoms with Gasteiger partial charge < -0.3 is 10.0 Å². The second-order valence-electron chi connectivity index (χ2n) is 5.84. The van der Waals surface area contributed by atoms with Crippen molar-refractivity contribution in [3.8, 4) is 11.3 Å². The Balaban J connectivity index is 0.00000243. The van der Waals surface area contributed by atoms with E-state index in [9.17, 15) is 22.8 Å². The van der Waals surface area contributed by atoms with Gasteiger partial charge in [-0.2, -0.15) is 18.3 Å². The third-order valence-corrected chi connectivity index (χ3v) is 4.22. The Labute approximate surface area is 152 Å². The van der Waals surface area contributed by atoms with Gasteiger partial charge in [0.05, 0.1) is 17.5 Å². The van der Waals surface area contributed by atoms with Crippen LogP contribution < -0.4 is 0 Å². The standard InChI is InChI=1S/C16H14F3N3O3.ClH/c17-16(18,19)11-8-22(7-10(11)15(24)25)14(23)13-6-12(20-21-13)9-4-2-1-3-5-9;/h1-6,10-11H,7-8H2,(H,20,21)(H,24,25);1H/t10-,11-;/m1./s1. The minimum absolute atomic E-state index is 0. The number of nitrogens with one attached hydrogen (secondary N) is 1. The number of halogens is 4. The maximum absolute atomic E-state index is 13.0. The summed E-state index contributed by atoms with van der Waals surface area (Å²) in [7, 11) is 0. The van der Waals surface area contributed by atoms with Crippen molar-refractivity contribution in [2.45, 2.75) is 6.18 Å². The summed E-state index contributed by atoms with van der Waals surface area (Å²) in [5.41, 5.74) is 1.24. The first-order valence-corrected chi connectivity index (χ1v) is 7.47. The van der Waals surface area contributed by atoms with Crippen molar-refractivity contribution in [2.75, 3.05) is 13.1 Å². The maximum Gasteiger partial charge on any atom is 0.394 e. The first-order chi connectivity index (χ1) is 11.8. The van der Waals surface area contributed by atoms with Gasteiger partial charge in [0.2, 0.25) is 0 Å². The fourth-order valence-electron chi connectivity index (χ4n) is 2.91. The normalized spacial score (nSPS) is 19.9. The van der Waals surface area contributed by atoms with Crippen molar-refractivity contribution in [1.29, 1.82) is 0 Å². The summed E-state index contributed by atoms with van der Waals surface area (Å²) in [5, 5.41) is 15.5. The molecule has 1 aromatic heterocycles. The number of aromatic nitrogens is 2. The lowest BCUT2D eigenvalue weighted by Crippen LogP contribution is -2.34. The van der Waals surface area contributed by atoms with E-state index in [4.69, 9.17) is 5.11 Å². The number of likely N-dealkylation sites (tertiary alicyclic amines) is 1. The molecule has 6 nitrogen and oxygen atoms in total. The van der Waals surface area contributed by atoms with Crippen LogP contribution in [0.2, 0.25) is 0 Å². The lowest BCUT2D eigenvalue weighted by molar-refractivity contribution is -0.187. The molecule has 2 aromatic rings.